The summed E-state index contributed by atoms with van der Waals surface area (Å²) in [4.78, 5) is 0. The van der Waals surface area contributed by atoms with Gasteiger partial charge in [0.2, 0.25) is 0 Å². The molecular formula is C22H30Cl2. The molecule has 0 saturated heterocycles. The highest BCUT2D eigenvalue weighted by molar-refractivity contribution is 6.42. The Bertz CT molecular complexity index is 686. The van der Waals surface area contributed by atoms with Crippen molar-refractivity contribution in [2.75, 3.05) is 0 Å². The molecule has 0 saturated carbocycles. The number of rotatable bonds is 0. The molecule has 0 heterocycles. The molecule has 0 atom stereocenters. The van der Waals surface area contributed by atoms with E-state index < -0.39 is 0 Å². The molecule has 2 heteroatoms. The summed E-state index contributed by atoms with van der Waals surface area (Å²) in [6.07, 6.45) is 0. The van der Waals surface area contributed by atoms with E-state index in [2.05, 4.69) is 73.6 Å². The Morgan fingerprint density at radius 1 is 0.667 bits per heavy atom. The Kier molecular flexibility index (Phi) is 6.96. The van der Waals surface area contributed by atoms with E-state index in [1.807, 2.05) is 18.2 Å². The highest BCUT2D eigenvalue weighted by atomic mass is 35.5. The predicted molar refractivity (Wildman–Crippen MR) is 110 cm³/mol. The van der Waals surface area contributed by atoms with Crippen LogP contribution in [-0.4, -0.2) is 0 Å². The van der Waals surface area contributed by atoms with Gasteiger partial charge in [-0.3, -0.25) is 0 Å². The molecule has 132 valence electrons. The average Bonchev–Trinajstić information content (AvgIpc) is 2.39. The van der Waals surface area contributed by atoms with Gasteiger partial charge in [-0.1, -0.05) is 94.6 Å². The van der Waals surface area contributed by atoms with Crippen LogP contribution in [0, 0.1) is 13.8 Å². The minimum Gasteiger partial charge on any atom is -0.0827 e. The fourth-order valence-electron chi connectivity index (χ4n) is 2.62. The molecule has 0 fully saturated rings. The molecule has 0 aromatic heterocycles. The average molecular weight is 365 g/mol. The summed E-state index contributed by atoms with van der Waals surface area (Å²) in [5.41, 5.74) is 5.82. The molecule has 2 aromatic carbocycles. The molecule has 0 aliphatic rings. The van der Waals surface area contributed by atoms with Crippen LogP contribution in [0.1, 0.15) is 63.8 Å². The lowest BCUT2D eigenvalue weighted by Crippen LogP contribution is -2.12. The molecule has 2 rings (SSSR count). The number of aryl methyl sites for hydroxylation is 2. The third kappa shape index (κ3) is 6.15. The van der Waals surface area contributed by atoms with Gasteiger partial charge in [0, 0.05) is 0 Å². The van der Waals surface area contributed by atoms with Crippen LogP contribution in [0.25, 0.3) is 0 Å². The normalized spacial score (nSPS) is 11.8. The Balaban J connectivity index is 0.000000240. The fraction of sp³-hybridized carbons (Fsp3) is 0.455. The van der Waals surface area contributed by atoms with E-state index in [-0.39, 0.29) is 10.8 Å². The minimum atomic E-state index is 0.133. The molecule has 2 aromatic rings. The lowest BCUT2D eigenvalue weighted by atomic mass is 9.84. The zero-order valence-corrected chi connectivity index (χ0v) is 17.7. The van der Waals surface area contributed by atoms with E-state index in [1.165, 1.54) is 22.3 Å². The van der Waals surface area contributed by atoms with E-state index >= 15 is 0 Å². The largest absolute Gasteiger partial charge is 0.0827 e. The number of hydrogen-bond acceptors (Lipinski definition) is 0. The van der Waals surface area contributed by atoms with Crippen LogP contribution in [0.2, 0.25) is 10.0 Å². The zero-order chi connectivity index (χ0) is 18.7. The van der Waals surface area contributed by atoms with Gasteiger partial charge in [-0.05, 0) is 53.5 Å². The summed E-state index contributed by atoms with van der Waals surface area (Å²) in [7, 11) is 0. The summed E-state index contributed by atoms with van der Waals surface area (Å²) in [6.45, 7) is 17.5. The second-order valence-electron chi connectivity index (χ2n) is 8.45. The molecule has 0 radical (unpaired) electrons. The maximum atomic E-state index is 5.89. The minimum absolute atomic E-state index is 0.133. The fourth-order valence-corrected chi connectivity index (χ4v) is 2.92. The van der Waals surface area contributed by atoms with Crippen molar-refractivity contribution < 1.29 is 0 Å². The maximum Gasteiger partial charge on any atom is 0.0595 e. The van der Waals surface area contributed by atoms with E-state index in [9.17, 15) is 0 Å². The highest BCUT2D eigenvalue weighted by Gasteiger charge is 2.15. The number of benzene rings is 2. The Hall–Kier alpha value is -0.980. The van der Waals surface area contributed by atoms with Gasteiger partial charge in [0.1, 0.15) is 0 Å². The summed E-state index contributed by atoms with van der Waals surface area (Å²) in [5, 5.41) is 1.24. The first-order valence-electron chi connectivity index (χ1n) is 8.35. The van der Waals surface area contributed by atoms with Gasteiger partial charge in [0.05, 0.1) is 10.0 Å². The molecule has 0 spiro atoms. The lowest BCUT2D eigenvalue weighted by molar-refractivity contribution is 0.586. The Labute approximate surface area is 158 Å². The number of hydrogen-bond donors (Lipinski definition) is 0. The van der Waals surface area contributed by atoms with Crippen molar-refractivity contribution in [2.24, 2.45) is 0 Å². The topological polar surface area (TPSA) is 0 Å². The van der Waals surface area contributed by atoms with Gasteiger partial charge in [0.15, 0.2) is 0 Å². The van der Waals surface area contributed by atoms with Crippen LogP contribution < -0.4 is 0 Å². The standard InChI is InChI=1S/C12H18.C10H12Cl2/c1-9-6-7-11(10(2)8-9)12(3,4)5;1-10(2,3)7-4-5-8(11)9(12)6-7/h6-8H,1-5H3;4-6H,1-3H3. The molecule has 0 bridgehead atoms. The molecule has 0 nitrogen and oxygen atoms in total. The van der Waals surface area contributed by atoms with Crippen molar-refractivity contribution in [3.8, 4) is 0 Å². The zero-order valence-electron chi connectivity index (χ0n) is 16.2. The third-order valence-corrected chi connectivity index (χ3v) is 4.71. The van der Waals surface area contributed by atoms with Crippen molar-refractivity contribution >= 4 is 23.2 Å². The third-order valence-electron chi connectivity index (χ3n) is 3.98. The summed E-state index contributed by atoms with van der Waals surface area (Å²) in [6, 6.07) is 12.4. The highest BCUT2D eigenvalue weighted by Crippen LogP contribution is 2.29. The van der Waals surface area contributed by atoms with E-state index in [4.69, 9.17) is 23.2 Å². The van der Waals surface area contributed by atoms with E-state index in [0.29, 0.717) is 10.0 Å². The molecule has 0 unspecified atom stereocenters. The van der Waals surface area contributed by atoms with Crippen molar-refractivity contribution in [1.82, 2.24) is 0 Å². The summed E-state index contributed by atoms with van der Waals surface area (Å²) >= 11 is 11.7. The molecule has 0 N–H and O–H groups in total. The second kappa shape index (κ2) is 7.93. The van der Waals surface area contributed by atoms with Crippen molar-refractivity contribution in [3.63, 3.8) is 0 Å². The first-order chi connectivity index (χ1) is 10.8. The van der Waals surface area contributed by atoms with Crippen LogP contribution in [0.3, 0.4) is 0 Å². The quantitative estimate of drug-likeness (QED) is 0.445. The maximum absolute atomic E-state index is 5.89. The lowest BCUT2D eigenvalue weighted by Gasteiger charge is -2.21. The smallest absolute Gasteiger partial charge is 0.0595 e. The van der Waals surface area contributed by atoms with Crippen LogP contribution >= 0.6 is 23.2 Å². The van der Waals surface area contributed by atoms with E-state index in [1.54, 1.807) is 0 Å². The number of halogens is 2. The van der Waals surface area contributed by atoms with Crippen molar-refractivity contribution in [1.29, 1.82) is 0 Å². The molecule has 0 aliphatic carbocycles. The van der Waals surface area contributed by atoms with Gasteiger partial charge in [0.25, 0.3) is 0 Å². The summed E-state index contributed by atoms with van der Waals surface area (Å²) < 4.78 is 0. The predicted octanol–water partition coefficient (Wildman–Crippen LogP) is 7.89. The van der Waals surface area contributed by atoms with Gasteiger partial charge in [-0.15, -0.1) is 0 Å². The monoisotopic (exact) mass is 364 g/mol. The van der Waals surface area contributed by atoms with Crippen molar-refractivity contribution in [2.45, 2.75) is 66.2 Å². The first-order valence-corrected chi connectivity index (χ1v) is 9.11. The van der Waals surface area contributed by atoms with Gasteiger partial charge < -0.3 is 0 Å². The molecule has 0 aliphatic heterocycles. The second-order valence-corrected chi connectivity index (χ2v) is 9.26. The van der Waals surface area contributed by atoms with Crippen LogP contribution in [-0.2, 0) is 10.8 Å². The van der Waals surface area contributed by atoms with Crippen LogP contribution in [0.4, 0.5) is 0 Å². The SMILES string of the molecule is CC(C)(C)c1ccc(Cl)c(Cl)c1.Cc1ccc(C(C)(C)C)c(C)c1. The molecular weight excluding hydrogens is 335 g/mol. The van der Waals surface area contributed by atoms with Gasteiger partial charge in [-0.25, -0.2) is 0 Å². The van der Waals surface area contributed by atoms with Gasteiger partial charge in [-0.2, -0.15) is 0 Å². The van der Waals surface area contributed by atoms with Crippen LogP contribution in [0.15, 0.2) is 36.4 Å². The molecule has 0 amide bonds. The molecule has 24 heavy (non-hydrogen) atoms. The Morgan fingerprint density at radius 3 is 1.67 bits per heavy atom. The van der Waals surface area contributed by atoms with E-state index in [0.717, 1.165) is 0 Å². The van der Waals surface area contributed by atoms with Crippen LogP contribution in [0.5, 0.6) is 0 Å². The summed E-state index contributed by atoms with van der Waals surface area (Å²) in [5.74, 6) is 0. The van der Waals surface area contributed by atoms with Crippen molar-refractivity contribution in [3.05, 3.63) is 68.7 Å². The van der Waals surface area contributed by atoms with Gasteiger partial charge >= 0.3 is 0 Å². The Morgan fingerprint density at radius 2 is 1.25 bits per heavy atom. The first kappa shape index (κ1) is 21.1.